The molecule has 0 amide bonds. The molecule has 0 nitrogen and oxygen atoms in total. The highest BCUT2D eigenvalue weighted by Crippen LogP contribution is 2.51. The third kappa shape index (κ3) is 4.32. The lowest BCUT2D eigenvalue weighted by Crippen LogP contribution is -1.91. The van der Waals surface area contributed by atoms with E-state index in [1.165, 1.54) is 108 Å². The van der Waals surface area contributed by atoms with E-state index < -0.39 is 0 Å². The predicted octanol–water partition coefficient (Wildman–Crippen LogP) is 15.4. The molecule has 0 bridgehead atoms. The van der Waals surface area contributed by atoms with Gasteiger partial charge in [0.15, 0.2) is 0 Å². The summed E-state index contributed by atoms with van der Waals surface area (Å²) in [4.78, 5) is 0. The van der Waals surface area contributed by atoms with E-state index in [9.17, 15) is 0 Å². The van der Waals surface area contributed by atoms with E-state index in [0.29, 0.717) is 0 Å². The summed E-state index contributed by atoms with van der Waals surface area (Å²) in [5, 5.41) is 17.4. The molecule has 0 fully saturated rings. The molecule has 9 aromatic carbocycles. The minimum absolute atomic E-state index is 1.25. The van der Waals surface area contributed by atoms with Crippen molar-refractivity contribution in [2.24, 2.45) is 0 Å². The Morgan fingerprint density at radius 3 is 1.29 bits per heavy atom. The first-order valence-corrected chi connectivity index (χ1v) is 19.5. The molecule has 11 aromatic rings. The fraction of sp³-hybridized carbons (Fsp3) is 0. The van der Waals surface area contributed by atoms with Gasteiger partial charge in [0.2, 0.25) is 0 Å². The number of hydrogen-bond donors (Lipinski definition) is 0. The number of rotatable bonds is 4. The first kappa shape index (κ1) is 29.6. The Morgan fingerprint density at radius 1 is 0.308 bits per heavy atom. The zero-order valence-corrected chi connectivity index (χ0v) is 29.8. The van der Waals surface area contributed by atoms with Gasteiger partial charge in [-0.15, -0.1) is 11.3 Å². The van der Waals surface area contributed by atoms with Crippen LogP contribution >= 0.6 is 22.7 Å². The first-order valence-electron chi connectivity index (χ1n) is 17.7. The zero-order valence-electron chi connectivity index (χ0n) is 28.1. The van der Waals surface area contributed by atoms with Crippen LogP contribution in [0.5, 0.6) is 0 Å². The number of hydrogen-bond acceptors (Lipinski definition) is 2. The van der Waals surface area contributed by atoms with Crippen LogP contribution in [0.4, 0.5) is 0 Å². The largest absolute Gasteiger partial charge is 0.152 e. The highest BCUT2D eigenvalue weighted by molar-refractivity contribution is 7.26. The third-order valence-corrected chi connectivity index (χ3v) is 12.7. The molecule has 11 rings (SSSR count). The van der Waals surface area contributed by atoms with Gasteiger partial charge in [-0.3, -0.25) is 0 Å². The molecule has 0 saturated carbocycles. The standard InChI is InChI=1S/C50H30S2/c1-2-14-31(15-3-1)45-33-16-4-10-22-39(33)48(40-23-11-5-17-34(40)45)42-25-12-26-43-49-41(24-13-27-44(49)52-50(42)43)47-37-20-8-6-18-35(37)46(32-28-29-51-30-32)36-19-7-9-21-38(36)47/h1-30H. The summed E-state index contributed by atoms with van der Waals surface area (Å²) < 4.78 is 2.64. The van der Waals surface area contributed by atoms with Gasteiger partial charge in [-0.25, -0.2) is 0 Å². The minimum Gasteiger partial charge on any atom is -0.152 e. The number of benzene rings is 9. The van der Waals surface area contributed by atoms with Gasteiger partial charge < -0.3 is 0 Å². The number of thiophene rings is 2. The summed E-state index contributed by atoms with van der Waals surface area (Å²) in [5.41, 5.74) is 10.3. The van der Waals surface area contributed by atoms with Crippen molar-refractivity contribution in [3.63, 3.8) is 0 Å². The molecule has 0 radical (unpaired) electrons. The molecular weight excluding hydrogens is 665 g/mol. The lowest BCUT2D eigenvalue weighted by atomic mass is 9.84. The fourth-order valence-electron chi connectivity index (χ4n) is 8.72. The molecule has 0 N–H and O–H groups in total. The van der Waals surface area contributed by atoms with Gasteiger partial charge in [0, 0.05) is 25.7 Å². The second-order valence-corrected chi connectivity index (χ2v) is 15.4. The lowest BCUT2D eigenvalue weighted by Gasteiger charge is -2.18. The Balaban J connectivity index is 1.25. The molecule has 2 aromatic heterocycles. The Hall–Kier alpha value is -6.06. The highest BCUT2D eigenvalue weighted by Gasteiger charge is 2.22. The number of fused-ring (bicyclic) bond motifs is 7. The average Bonchev–Trinajstić information content (AvgIpc) is 3.88. The molecule has 2 heteroatoms. The van der Waals surface area contributed by atoms with Crippen molar-refractivity contribution in [2.75, 3.05) is 0 Å². The molecule has 2 heterocycles. The van der Waals surface area contributed by atoms with E-state index in [4.69, 9.17) is 0 Å². The summed E-state index contributed by atoms with van der Waals surface area (Å²) in [6, 6.07) is 62.9. The van der Waals surface area contributed by atoms with Crippen molar-refractivity contribution >= 4 is 85.9 Å². The topological polar surface area (TPSA) is 0 Å². The van der Waals surface area contributed by atoms with Crippen molar-refractivity contribution in [1.82, 2.24) is 0 Å². The van der Waals surface area contributed by atoms with E-state index in [0.717, 1.165) is 0 Å². The van der Waals surface area contributed by atoms with E-state index in [2.05, 4.69) is 181 Å². The monoisotopic (exact) mass is 694 g/mol. The second-order valence-electron chi connectivity index (χ2n) is 13.5. The van der Waals surface area contributed by atoms with Crippen molar-refractivity contribution < 1.29 is 0 Å². The van der Waals surface area contributed by atoms with Crippen molar-refractivity contribution in [1.29, 1.82) is 0 Å². The second kappa shape index (κ2) is 11.7. The molecule has 0 atom stereocenters. The molecule has 0 saturated heterocycles. The van der Waals surface area contributed by atoms with Crippen LogP contribution < -0.4 is 0 Å². The third-order valence-electron chi connectivity index (χ3n) is 10.8. The van der Waals surface area contributed by atoms with E-state index >= 15 is 0 Å². The maximum Gasteiger partial charge on any atom is 0.0434 e. The van der Waals surface area contributed by atoms with Crippen molar-refractivity contribution in [2.45, 2.75) is 0 Å². The van der Waals surface area contributed by atoms with Gasteiger partial charge in [0.25, 0.3) is 0 Å². The van der Waals surface area contributed by atoms with Gasteiger partial charge in [-0.05, 0) is 105 Å². The smallest absolute Gasteiger partial charge is 0.0434 e. The first-order chi connectivity index (χ1) is 25.8. The fourth-order valence-corrected chi connectivity index (χ4v) is 10.6. The van der Waals surface area contributed by atoms with Crippen molar-refractivity contribution in [3.8, 4) is 44.5 Å². The molecule has 0 aliphatic heterocycles. The summed E-state index contributed by atoms with van der Waals surface area (Å²) in [6.45, 7) is 0. The van der Waals surface area contributed by atoms with Crippen LogP contribution in [-0.2, 0) is 0 Å². The quantitative estimate of drug-likeness (QED) is 0.161. The molecule has 0 unspecified atom stereocenters. The molecular formula is C50H30S2. The minimum atomic E-state index is 1.25. The van der Waals surface area contributed by atoms with Crippen LogP contribution in [0.25, 0.3) is 108 Å². The summed E-state index contributed by atoms with van der Waals surface area (Å²) >= 11 is 3.68. The van der Waals surface area contributed by atoms with Crippen LogP contribution in [0.15, 0.2) is 181 Å². The van der Waals surface area contributed by atoms with Crippen molar-refractivity contribution in [3.05, 3.63) is 181 Å². The van der Waals surface area contributed by atoms with Gasteiger partial charge in [-0.2, -0.15) is 11.3 Å². The van der Waals surface area contributed by atoms with Gasteiger partial charge in [0.05, 0.1) is 0 Å². The van der Waals surface area contributed by atoms with E-state index in [1.807, 2.05) is 11.3 Å². The Morgan fingerprint density at radius 2 is 0.750 bits per heavy atom. The van der Waals surface area contributed by atoms with Crippen LogP contribution in [0.1, 0.15) is 0 Å². The van der Waals surface area contributed by atoms with Gasteiger partial charge >= 0.3 is 0 Å². The SMILES string of the molecule is c1ccc(-c2c3ccccc3c(-c3cccc4c3sc3cccc(-c5c6ccccc6c(-c6ccsc6)c6ccccc56)c34)c3ccccc23)cc1. The normalized spacial score (nSPS) is 11.8. The van der Waals surface area contributed by atoms with Gasteiger partial charge in [0.1, 0.15) is 0 Å². The Bertz CT molecular complexity index is 3050. The highest BCUT2D eigenvalue weighted by atomic mass is 32.1. The van der Waals surface area contributed by atoms with Crippen LogP contribution in [0.3, 0.4) is 0 Å². The maximum atomic E-state index is 2.35. The summed E-state index contributed by atoms with van der Waals surface area (Å²) in [7, 11) is 0. The van der Waals surface area contributed by atoms with E-state index in [-0.39, 0.29) is 0 Å². The van der Waals surface area contributed by atoms with Crippen LogP contribution in [0, 0.1) is 0 Å². The van der Waals surface area contributed by atoms with Crippen LogP contribution in [-0.4, -0.2) is 0 Å². The zero-order chi connectivity index (χ0) is 34.2. The maximum absolute atomic E-state index is 2.35. The summed E-state index contributed by atoms with van der Waals surface area (Å²) in [6.07, 6.45) is 0. The predicted molar refractivity (Wildman–Crippen MR) is 229 cm³/mol. The van der Waals surface area contributed by atoms with Crippen LogP contribution in [0.2, 0.25) is 0 Å². The lowest BCUT2D eigenvalue weighted by molar-refractivity contribution is 1.67. The average molecular weight is 695 g/mol. The Kier molecular flexibility index (Phi) is 6.70. The molecule has 52 heavy (non-hydrogen) atoms. The van der Waals surface area contributed by atoms with E-state index in [1.54, 1.807) is 11.3 Å². The molecule has 242 valence electrons. The molecule has 0 spiro atoms. The Labute approximate surface area is 309 Å². The molecule has 0 aliphatic rings. The van der Waals surface area contributed by atoms with Gasteiger partial charge in [-0.1, -0.05) is 158 Å². The summed E-state index contributed by atoms with van der Waals surface area (Å²) in [5.74, 6) is 0. The molecule has 0 aliphatic carbocycles.